The summed E-state index contributed by atoms with van der Waals surface area (Å²) >= 11 is 0. The first-order valence-corrected chi connectivity index (χ1v) is 0. The van der Waals surface area contributed by atoms with Crippen LogP contribution in [0.4, 0.5) is 0 Å². The summed E-state index contributed by atoms with van der Waals surface area (Å²) in [5.74, 6) is 0. The maximum Gasteiger partial charge on any atom is -0.344 e. The van der Waals surface area contributed by atoms with E-state index in [0.717, 1.165) is 0 Å². The maximum absolute atomic E-state index is 0. The molecule has 208 valence electrons. The van der Waals surface area contributed by atoms with Crippen LogP contribution in [0.15, 0.2) is 0 Å². The molecule has 0 rings (SSSR count). The first-order valence-electron chi connectivity index (χ1n) is 0. The second-order valence-corrected chi connectivity index (χ2v) is 0. The summed E-state index contributed by atoms with van der Waals surface area (Å²) in [5.41, 5.74) is 0. The van der Waals surface area contributed by atoms with Crippen molar-refractivity contribution in [3.8, 4) is 0 Å². The predicted octanol–water partition coefficient (Wildman–Crippen LogP) is -0.722. The molecular formula is H73N21O5. The fraction of sp³-hybridized carbons (Fsp3) is 0. The highest BCUT2D eigenvalue weighted by atomic mass is 16.0. The summed E-state index contributed by atoms with van der Waals surface area (Å²) in [6.45, 7) is 0. The minimum Gasteiger partial charge on any atom is -0.412 e. The van der Waals surface area contributed by atoms with Crippen LogP contribution in [0.2, 0.25) is 0 Å². The molecule has 0 spiro atoms. The molecular weight excluding hydrogens is 374 g/mol. The van der Waals surface area contributed by atoms with Gasteiger partial charge in [-0.25, -0.2) is 0 Å². The highest BCUT2D eigenvalue weighted by Gasteiger charge is -0.323. The number of rotatable bonds is 0. The summed E-state index contributed by atoms with van der Waals surface area (Å²) in [7, 11) is 0. The molecule has 0 aromatic rings. The fourth-order valence-electron chi connectivity index (χ4n) is 0. The lowest BCUT2D eigenvalue weighted by atomic mass is 14.0. The molecule has 0 heterocycles. The van der Waals surface area contributed by atoms with Crippen molar-refractivity contribution >= 4 is 0 Å². The van der Waals surface area contributed by atoms with Crippen LogP contribution in [0.3, 0.4) is 0 Å². The third kappa shape index (κ3) is 10200. The van der Waals surface area contributed by atoms with Crippen LogP contribution in [-0.2, 0) is 0 Å². The molecule has 0 saturated heterocycles. The zero-order chi connectivity index (χ0) is 0. The predicted molar refractivity (Wildman–Crippen MR) is 124 cm³/mol. The van der Waals surface area contributed by atoms with E-state index in [2.05, 4.69) is 0 Å². The fourth-order valence-corrected chi connectivity index (χ4v) is 0. The average Bonchev–Trinajstić information content (AvgIpc) is 0. The average molecular weight is 448 g/mol. The zero-order valence-electron chi connectivity index (χ0n) is 17.3. The van der Waals surface area contributed by atoms with E-state index in [4.69, 9.17) is 0 Å². The van der Waals surface area contributed by atoms with E-state index >= 15 is 0 Å². The summed E-state index contributed by atoms with van der Waals surface area (Å²) in [5, 5.41) is 0. The van der Waals surface area contributed by atoms with Crippen LogP contribution in [0.5, 0.6) is 0 Å². The molecule has 0 aliphatic carbocycles. The van der Waals surface area contributed by atoms with E-state index in [9.17, 15) is 0 Å². The SMILES string of the molecule is N.N.N.N.N.N.N.N.N.N.N.N.N.N.N.N.N.N.N.N.N.O.O.O.O.O. The Morgan fingerprint density at radius 3 is 0.0769 bits per heavy atom. The Balaban J connectivity index is 0. The van der Waals surface area contributed by atoms with E-state index in [0.29, 0.717) is 0 Å². The van der Waals surface area contributed by atoms with E-state index < -0.39 is 0 Å². The molecule has 0 aromatic heterocycles. The van der Waals surface area contributed by atoms with Gasteiger partial charge in [-0.05, 0) is 0 Å². The van der Waals surface area contributed by atoms with Gasteiger partial charge in [-0.1, -0.05) is 0 Å². The van der Waals surface area contributed by atoms with Crippen molar-refractivity contribution in [3.05, 3.63) is 0 Å². The van der Waals surface area contributed by atoms with Crippen molar-refractivity contribution in [2.24, 2.45) is 0 Å². The standard InChI is InChI=1S/21H3N.5H2O/h21*1H3;5*1H2. The molecule has 0 radical (unpaired) electrons. The first kappa shape index (κ1) is 13200. The van der Waals surface area contributed by atoms with Crippen LogP contribution >= 0.6 is 0 Å². The smallest absolute Gasteiger partial charge is 0.344 e. The van der Waals surface area contributed by atoms with Gasteiger partial charge in [0.2, 0.25) is 0 Å². The second-order valence-electron chi connectivity index (χ2n) is 0. The Bertz CT molecular complexity index is 18.4. The minimum atomic E-state index is 0. The minimum absolute atomic E-state index is 0. The largest absolute Gasteiger partial charge is 0.412 e. The topological polar surface area (TPSA) is 892 Å². The van der Waals surface area contributed by atoms with Crippen LogP contribution in [-0.4, -0.2) is 27.4 Å². The monoisotopic (exact) mass is 448 g/mol. The molecule has 0 fully saturated rings. The molecule has 0 amide bonds. The Labute approximate surface area is 158 Å². The lowest BCUT2D eigenvalue weighted by Gasteiger charge is -0.413. The van der Waals surface area contributed by atoms with Gasteiger partial charge >= 0.3 is 0 Å². The molecule has 0 aliphatic heterocycles. The Kier molecular flexibility index (Phi) is 5950000. The molecule has 0 saturated carbocycles. The van der Waals surface area contributed by atoms with Gasteiger partial charge in [0, 0.05) is 0 Å². The van der Waals surface area contributed by atoms with Gasteiger partial charge < -0.3 is 157 Å². The van der Waals surface area contributed by atoms with Crippen LogP contribution in [0.25, 0.3) is 0 Å². The zero-order valence-corrected chi connectivity index (χ0v) is 17.3. The molecule has 0 aliphatic rings. The van der Waals surface area contributed by atoms with Crippen LogP contribution in [0.1, 0.15) is 0 Å². The van der Waals surface area contributed by atoms with Crippen molar-refractivity contribution in [1.29, 1.82) is 0 Å². The van der Waals surface area contributed by atoms with Crippen LogP contribution < -0.4 is 129 Å². The maximum atomic E-state index is 0. The number of hydrogen-bond donors (Lipinski definition) is 21. The molecule has 0 unspecified atom stereocenters. The molecule has 26 heteroatoms. The molecule has 73 N–H and O–H groups in total. The highest BCUT2D eigenvalue weighted by Crippen LogP contribution is -0.285. The van der Waals surface area contributed by atoms with Gasteiger partial charge in [-0.3, -0.25) is 0 Å². The van der Waals surface area contributed by atoms with Crippen molar-refractivity contribution in [2.75, 3.05) is 0 Å². The van der Waals surface area contributed by atoms with Gasteiger partial charge in [-0.2, -0.15) is 0 Å². The Hall–Kier alpha value is -1.04. The van der Waals surface area contributed by atoms with Crippen molar-refractivity contribution in [1.82, 2.24) is 129 Å². The lowest BCUT2D eigenvalue weighted by molar-refractivity contribution is 0.823. The Morgan fingerprint density at radius 2 is 0.0769 bits per heavy atom. The molecule has 26 heavy (non-hydrogen) atoms. The highest BCUT2D eigenvalue weighted by molar-refractivity contribution is 2.15. The summed E-state index contributed by atoms with van der Waals surface area (Å²) in [6, 6.07) is 0. The van der Waals surface area contributed by atoms with Crippen molar-refractivity contribution in [2.45, 2.75) is 0 Å². The quantitative estimate of drug-likeness (QED) is 0.217. The van der Waals surface area contributed by atoms with E-state index in [-0.39, 0.29) is 157 Å². The van der Waals surface area contributed by atoms with Gasteiger partial charge in [0.05, 0.1) is 0 Å². The van der Waals surface area contributed by atoms with Gasteiger partial charge in [0.15, 0.2) is 0 Å². The third-order valence-electron chi connectivity index (χ3n) is 0. The molecule has 0 aromatic carbocycles. The summed E-state index contributed by atoms with van der Waals surface area (Å²) in [4.78, 5) is 0. The molecule has 0 atom stereocenters. The normalized spacial score (nSPS) is 0. The van der Waals surface area contributed by atoms with Crippen molar-refractivity contribution in [3.63, 3.8) is 0 Å². The van der Waals surface area contributed by atoms with Gasteiger partial charge in [0.25, 0.3) is 0 Å². The Morgan fingerprint density at radius 1 is 0.0769 bits per heavy atom. The van der Waals surface area contributed by atoms with E-state index in [1.807, 2.05) is 0 Å². The van der Waals surface area contributed by atoms with E-state index in [1.54, 1.807) is 0 Å². The van der Waals surface area contributed by atoms with Crippen LogP contribution in [0, 0.1) is 0 Å². The van der Waals surface area contributed by atoms with Gasteiger partial charge in [-0.15, -0.1) is 0 Å². The second kappa shape index (κ2) is 11700. The van der Waals surface area contributed by atoms with E-state index in [1.165, 1.54) is 0 Å². The lowest BCUT2D eigenvalue weighted by Crippen LogP contribution is -0.482. The summed E-state index contributed by atoms with van der Waals surface area (Å²) < 4.78 is 0. The number of hydrogen-bond acceptors (Lipinski definition) is 21. The van der Waals surface area contributed by atoms with Gasteiger partial charge in [0.1, 0.15) is 0 Å². The first-order chi connectivity index (χ1) is 0. The molecule has 0 bridgehead atoms. The molecule has 26 nitrogen and oxygen atoms in total. The summed E-state index contributed by atoms with van der Waals surface area (Å²) in [6.07, 6.45) is 0. The third-order valence-corrected chi connectivity index (χ3v) is 0. The van der Waals surface area contributed by atoms with Crippen molar-refractivity contribution < 1.29 is 27.4 Å².